The molecule has 1 aromatic rings. The fraction of sp³-hybridized carbons (Fsp3) is 0.786. The minimum Gasteiger partial charge on any atom is -0.390 e. The molecule has 2 saturated heterocycles. The quantitative estimate of drug-likeness (QED) is 0.776. The van der Waals surface area contributed by atoms with Gasteiger partial charge in [0.25, 0.3) is 0 Å². The molecule has 0 aromatic carbocycles. The van der Waals surface area contributed by atoms with Crippen LogP contribution in [0.2, 0.25) is 0 Å². The molecule has 112 valence electrons. The van der Waals surface area contributed by atoms with E-state index in [1.165, 1.54) is 0 Å². The van der Waals surface area contributed by atoms with Crippen molar-refractivity contribution in [2.75, 3.05) is 59.4 Å². The lowest BCUT2D eigenvalue weighted by molar-refractivity contribution is 0.0171. The van der Waals surface area contributed by atoms with E-state index >= 15 is 0 Å². The number of piperazine rings is 1. The van der Waals surface area contributed by atoms with Crippen LogP contribution < -0.4 is 0 Å². The first-order chi connectivity index (χ1) is 9.70. The summed E-state index contributed by atoms with van der Waals surface area (Å²) in [7, 11) is 2.16. The van der Waals surface area contributed by atoms with Crippen LogP contribution in [0.1, 0.15) is 6.04 Å². The van der Waals surface area contributed by atoms with Crippen molar-refractivity contribution in [2.24, 2.45) is 0 Å². The van der Waals surface area contributed by atoms with Crippen LogP contribution in [-0.4, -0.2) is 95.1 Å². The molecule has 2 aliphatic rings. The summed E-state index contributed by atoms with van der Waals surface area (Å²) >= 11 is 0. The van der Waals surface area contributed by atoms with Crippen molar-refractivity contribution in [1.29, 1.82) is 0 Å². The molecular formula is C14H25N5O. The third kappa shape index (κ3) is 3.38. The van der Waals surface area contributed by atoms with E-state index in [2.05, 4.69) is 26.8 Å². The SMILES string of the molecule is CN1CCN(C[C@@H](O)CN2CC(n3cccn3)C2)CC1. The van der Waals surface area contributed by atoms with Crippen LogP contribution in [0.5, 0.6) is 0 Å². The lowest BCUT2D eigenvalue weighted by Gasteiger charge is -2.41. The number of hydrogen-bond donors (Lipinski definition) is 1. The average molecular weight is 279 g/mol. The topological polar surface area (TPSA) is 47.8 Å². The Hall–Kier alpha value is -0.950. The van der Waals surface area contributed by atoms with Crippen LogP contribution in [0, 0.1) is 0 Å². The molecule has 1 aromatic heterocycles. The van der Waals surface area contributed by atoms with Gasteiger partial charge in [-0.1, -0.05) is 0 Å². The van der Waals surface area contributed by atoms with Gasteiger partial charge in [0.2, 0.25) is 0 Å². The van der Waals surface area contributed by atoms with E-state index in [1.54, 1.807) is 0 Å². The number of aliphatic hydroxyl groups is 1. The molecule has 2 fully saturated rings. The van der Waals surface area contributed by atoms with E-state index < -0.39 is 0 Å². The number of β-amino-alcohol motifs (C(OH)–C–C–N with tert-alkyl or cyclic N) is 1. The second-order valence-corrected chi connectivity index (χ2v) is 6.12. The minimum absolute atomic E-state index is 0.239. The summed E-state index contributed by atoms with van der Waals surface area (Å²) in [6, 6.07) is 2.45. The molecule has 0 bridgehead atoms. The number of likely N-dealkylation sites (N-methyl/N-ethyl adjacent to an activating group) is 1. The lowest BCUT2D eigenvalue weighted by atomic mass is 10.1. The molecule has 0 saturated carbocycles. The number of hydrogen-bond acceptors (Lipinski definition) is 5. The van der Waals surface area contributed by atoms with Gasteiger partial charge in [-0.25, -0.2) is 0 Å². The van der Waals surface area contributed by atoms with Gasteiger partial charge >= 0.3 is 0 Å². The Morgan fingerprint density at radius 2 is 1.85 bits per heavy atom. The van der Waals surface area contributed by atoms with Gasteiger partial charge < -0.3 is 10.0 Å². The first-order valence-corrected chi connectivity index (χ1v) is 7.51. The van der Waals surface area contributed by atoms with E-state index in [0.717, 1.165) is 52.4 Å². The van der Waals surface area contributed by atoms with Gasteiger partial charge in [0.1, 0.15) is 0 Å². The van der Waals surface area contributed by atoms with Gasteiger partial charge in [-0.2, -0.15) is 5.10 Å². The molecular weight excluding hydrogens is 254 g/mol. The summed E-state index contributed by atoms with van der Waals surface area (Å²) < 4.78 is 2.02. The number of aromatic nitrogens is 2. The third-order valence-corrected chi connectivity index (χ3v) is 4.37. The first-order valence-electron chi connectivity index (χ1n) is 7.51. The Balaban J connectivity index is 1.35. The number of likely N-dealkylation sites (tertiary alicyclic amines) is 1. The van der Waals surface area contributed by atoms with Gasteiger partial charge in [-0.3, -0.25) is 14.5 Å². The largest absolute Gasteiger partial charge is 0.390 e. The molecule has 1 N–H and O–H groups in total. The Labute approximate surface area is 120 Å². The highest BCUT2D eigenvalue weighted by Crippen LogP contribution is 2.20. The number of aliphatic hydroxyl groups excluding tert-OH is 1. The lowest BCUT2D eigenvalue weighted by Crippen LogP contribution is -2.53. The molecule has 0 amide bonds. The smallest absolute Gasteiger partial charge is 0.0793 e. The van der Waals surface area contributed by atoms with E-state index in [4.69, 9.17) is 0 Å². The van der Waals surface area contributed by atoms with Gasteiger partial charge in [0, 0.05) is 64.8 Å². The van der Waals surface area contributed by atoms with Gasteiger partial charge in [-0.15, -0.1) is 0 Å². The van der Waals surface area contributed by atoms with Crippen molar-refractivity contribution in [2.45, 2.75) is 12.1 Å². The van der Waals surface area contributed by atoms with Crippen LogP contribution in [-0.2, 0) is 0 Å². The van der Waals surface area contributed by atoms with Crippen molar-refractivity contribution < 1.29 is 5.11 Å². The third-order valence-electron chi connectivity index (χ3n) is 4.37. The summed E-state index contributed by atoms with van der Waals surface area (Å²) in [5.41, 5.74) is 0. The summed E-state index contributed by atoms with van der Waals surface area (Å²) in [6.07, 6.45) is 3.60. The molecule has 0 spiro atoms. The number of nitrogens with zero attached hydrogens (tertiary/aromatic N) is 5. The van der Waals surface area contributed by atoms with Crippen molar-refractivity contribution >= 4 is 0 Å². The zero-order valence-electron chi connectivity index (χ0n) is 12.2. The summed E-state index contributed by atoms with van der Waals surface area (Å²) in [4.78, 5) is 7.02. The zero-order chi connectivity index (χ0) is 13.9. The molecule has 6 heteroatoms. The molecule has 20 heavy (non-hydrogen) atoms. The fourth-order valence-electron chi connectivity index (χ4n) is 3.04. The van der Waals surface area contributed by atoms with Crippen molar-refractivity contribution in [3.8, 4) is 0 Å². The Morgan fingerprint density at radius 1 is 1.15 bits per heavy atom. The average Bonchev–Trinajstić information content (AvgIpc) is 2.89. The normalized spacial score (nSPS) is 24.7. The maximum Gasteiger partial charge on any atom is 0.0793 e. The van der Waals surface area contributed by atoms with Gasteiger partial charge in [-0.05, 0) is 13.1 Å². The molecule has 6 nitrogen and oxygen atoms in total. The summed E-state index contributed by atoms with van der Waals surface area (Å²) in [5, 5.41) is 14.5. The molecule has 2 aliphatic heterocycles. The van der Waals surface area contributed by atoms with Crippen LogP contribution in [0.25, 0.3) is 0 Å². The van der Waals surface area contributed by atoms with Crippen LogP contribution >= 0.6 is 0 Å². The van der Waals surface area contributed by atoms with Gasteiger partial charge in [0.15, 0.2) is 0 Å². The zero-order valence-corrected chi connectivity index (χ0v) is 12.2. The van der Waals surface area contributed by atoms with E-state index in [-0.39, 0.29) is 6.10 Å². The maximum absolute atomic E-state index is 10.2. The maximum atomic E-state index is 10.2. The molecule has 3 rings (SSSR count). The minimum atomic E-state index is -0.239. The van der Waals surface area contributed by atoms with Crippen LogP contribution in [0.3, 0.4) is 0 Å². The molecule has 0 unspecified atom stereocenters. The predicted molar refractivity (Wildman–Crippen MR) is 77.6 cm³/mol. The van der Waals surface area contributed by atoms with Crippen molar-refractivity contribution in [1.82, 2.24) is 24.5 Å². The summed E-state index contributed by atoms with van der Waals surface area (Å²) in [5.74, 6) is 0. The Morgan fingerprint density at radius 3 is 2.50 bits per heavy atom. The standard InChI is InChI=1S/C14H25N5O/c1-16-5-7-17(8-6-16)11-14(20)12-18-9-13(10-18)19-4-2-3-15-19/h2-4,13-14,20H,5-12H2,1H3/t14-/m1/s1. The highest BCUT2D eigenvalue weighted by Gasteiger charge is 2.30. The summed E-state index contributed by atoms with van der Waals surface area (Å²) in [6.45, 7) is 7.95. The highest BCUT2D eigenvalue weighted by molar-refractivity contribution is 4.90. The van der Waals surface area contributed by atoms with Crippen LogP contribution in [0.4, 0.5) is 0 Å². The highest BCUT2D eigenvalue weighted by atomic mass is 16.3. The van der Waals surface area contributed by atoms with E-state index in [9.17, 15) is 5.11 Å². The fourth-order valence-corrected chi connectivity index (χ4v) is 3.04. The van der Waals surface area contributed by atoms with Gasteiger partial charge in [0.05, 0.1) is 12.1 Å². The second-order valence-electron chi connectivity index (χ2n) is 6.12. The van der Waals surface area contributed by atoms with E-state index in [0.29, 0.717) is 6.04 Å². The Kier molecular flexibility index (Phi) is 4.35. The van der Waals surface area contributed by atoms with Crippen LogP contribution in [0.15, 0.2) is 18.5 Å². The monoisotopic (exact) mass is 279 g/mol. The predicted octanol–water partition coefficient (Wildman–Crippen LogP) is -0.652. The van der Waals surface area contributed by atoms with Crippen molar-refractivity contribution in [3.05, 3.63) is 18.5 Å². The first kappa shape index (κ1) is 14.0. The Bertz CT molecular complexity index is 396. The molecule has 0 radical (unpaired) electrons. The second kappa shape index (κ2) is 6.22. The molecule has 1 atom stereocenters. The molecule has 0 aliphatic carbocycles. The number of rotatable bonds is 5. The van der Waals surface area contributed by atoms with Crippen molar-refractivity contribution in [3.63, 3.8) is 0 Å². The van der Waals surface area contributed by atoms with E-state index in [1.807, 2.05) is 23.1 Å². The molecule has 3 heterocycles.